The first-order valence-corrected chi connectivity index (χ1v) is 33.5. The van der Waals surface area contributed by atoms with Gasteiger partial charge in [0.2, 0.25) is 0 Å². The third-order valence-electron chi connectivity index (χ3n) is 21.3. The molecule has 17 aromatic rings. The number of para-hydroxylation sites is 4. The summed E-state index contributed by atoms with van der Waals surface area (Å²) >= 11 is 0. The van der Waals surface area contributed by atoms with Gasteiger partial charge >= 0.3 is 0 Å². The molecule has 0 radical (unpaired) electrons. The van der Waals surface area contributed by atoms with Crippen LogP contribution in [0.15, 0.2) is 340 Å². The maximum Gasteiger partial charge on any atom is 0.252 e. The van der Waals surface area contributed by atoms with E-state index in [4.69, 9.17) is 0 Å². The summed E-state index contributed by atoms with van der Waals surface area (Å²) in [6.45, 7) is -0.310. The first-order chi connectivity index (χ1) is 47.7. The minimum absolute atomic E-state index is 0.134. The fraction of sp³-hybridized carbons (Fsp3) is 0. The van der Waals surface area contributed by atoms with Crippen LogP contribution in [0, 0.1) is 0 Å². The molecule has 21 rings (SSSR count). The van der Waals surface area contributed by atoms with Crippen LogP contribution in [0.4, 0.5) is 68.2 Å². The Balaban J connectivity index is 0.898. The normalized spacial score (nSPS) is 13.3. The maximum absolute atomic E-state index is 2.66. The molecule has 4 heterocycles. The van der Waals surface area contributed by atoms with Gasteiger partial charge in [0.15, 0.2) is 0 Å². The third kappa shape index (κ3) is 7.64. The average Bonchev–Trinajstić information content (AvgIpc) is 0.674. The number of fused-ring (bicyclic) bond motifs is 20. The topological polar surface area (TPSA) is 13.0 Å². The van der Waals surface area contributed by atoms with Crippen molar-refractivity contribution >= 4 is 179 Å². The summed E-state index contributed by atoms with van der Waals surface area (Å²) < 4.78 is 0. The van der Waals surface area contributed by atoms with Gasteiger partial charge in [-0.15, -0.1) is 0 Å². The molecule has 0 unspecified atom stereocenters. The van der Waals surface area contributed by atoms with Gasteiger partial charge in [-0.2, -0.15) is 0 Å². The number of benzene rings is 17. The molecule has 0 saturated carbocycles. The van der Waals surface area contributed by atoms with Gasteiger partial charge in [0, 0.05) is 68.2 Å². The van der Waals surface area contributed by atoms with E-state index >= 15 is 0 Å². The highest BCUT2D eigenvalue weighted by atomic mass is 15.2. The number of anilines is 12. The van der Waals surface area contributed by atoms with Crippen molar-refractivity contribution in [3.63, 3.8) is 0 Å². The van der Waals surface area contributed by atoms with Crippen LogP contribution < -0.4 is 52.4 Å². The lowest BCUT2D eigenvalue weighted by Crippen LogP contribution is -2.65. The van der Waals surface area contributed by atoms with Crippen LogP contribution in [-0.2, 0) is 0 Å². The molecule has 4 aliphatic rings. The highest BCUT2D eigenvalue weighted by Crippen LogP contribution is 2.52. The van der Waals surface area contributed by atoms with Crippen LogP contribution in [0.5, 0.6) is 0 Å². The first kappa shape index (κ1) is 53.2. The Kier molecular flexibility index (Phi) is 11.4. The lowest BCUT2D eigenvalue weighted by atomic mass is 9.30. The molecule has 0 N–H and O–H groups in total. The third-order valence-corrected chi connectivity index (χ3v) is 21.3. The number of hydrogen-bond donors (Lipinski definition) is 0. The Morgan fingerprint density at radius 2 is 0.438 bits per heavy atom. The second-order valence-electron chi connectivity index (χ2n) is 26.2. The Bertz CT molecular complexity index is 6070. The standard InChI is InChI=1S/C90H56B2N4/c1-5-25-57(26-6-1)59-49-85-89-86(50-59)94(62-31-11-4-12-32-62)83-56-84-80(55-79(83)91(89)77-41-21-23-43-81(77)93(85)61-29-9-3-10-30-61)92-78-42-22-24-44-82(78)95(63-45-47-73-69-37-15-13-33-65(69)67-35-17-19-39-71(67)75(73)53-63)87-51-60(58-27-7-2-8-28-58)52-88(90(87)92)96(84)64-46-48-74-70-38-16-14-34-66(70)68-36-18-20-40-72(68)76(74)54-64/h1-56H. The molecular formula is C90H56B2N4. The molecule has 0 atom stereocenters. The van der Waals surface area contributed by atoms with Crippen LogP contribution in [0.1, 0.15) is 0 Å². The highest BCUT2D eigenvalue weighted by Gasteiger charge is 2.49. The predicted molar refractivity (Wildman–Crippen MR) is 410 cm³/mol. The van der Waals surface area contributed by atoms with Crippen molar-refractivity contribution in [2.75, 3.05) is 19.6 Å². The molecule has 0 saturated heterocycles. The van der Waals surface area contributed by atoms with Gasteiger partial charge in [-0.05, 0) is 211 Å². The second kappa shape index (κ2) is 20.6. The summed E-state index contributed by atoms with van der Waals surface area (Å²) in [6.07, 6.45) is 0. The van der Waals surface area contributed by atoms with Gasteiger partial charge in [-0.25, -0.2) is 0 Å². The Labute approximate surface area is 557 Å². The van der Waals surface area contributed by atoms with Gasteiger partial charge < -0.3 is 19.6 Å². The molecule has 4 nitrogen and oxygen atoms in total. The summed E-state index contributed by atoms with van der Waals surface area (Å²) in [4.78, 5) is 10.4. The van der Waals surface area contributed by atoms with Gasteiger partial charge in [-0.3, -0.25) is 0 Å². The molecular weight excluding hydrogens is 1160 g/mol. The Morgan fingerprint density at radius 3 is 0.812 bits per heavy atom. The molecule has 442 valence electrons. The average molecular weight is 1220 g/mol. The summed E-state index contributed by atoms with van der Waals surface area (Å²) in [5.41, 5.74) is 26.1. The fourth-order valence-corrected chi connectivity index (χ4v) is 17.3. The summed E-state index contributed by atoms with van der Waals surface area (Å²) in [7, 11) is 0. The Hall–Kier alpha value is -12.4. The van der Waals surface area contributed by atoms with E-state index in [2.05, 4.69) is 359 Å². The van der Waals surface area contributed by atoms with E-state index in [0.717, 1.165) is 56.5 Å². The van der Waals surface area contributed by atoms with Crippen molar-refractivity contribution in [3.05, 3.63) is 340 Å². The lowest BCUT2D eigenvalue weighted by molar-refractivity contribution is 1.24. The van der Waals surface area contributed by atoms with E-state index < -0.39 is 0 Å². The highest BCUT2D eigenvalue weighted by molar-refractivity contribution is 7.03. The predicted octanol–water partition coefficient (Wildman–Crippen LogP) is 20.1. The summed E-state index contributed by atoms with van der Waals surface area (Å²) in [5.74, 6) is 0. The number of nitrogens with zero attached hydrogens (tertiary/aromatic N) is 4. The molecule has 0 amide bonds. The van der Waals surface area contributed by atoms with Crippen molar-refractivity contribution < 1.29 is 0 Å². The monoisotopic (exact) mass is 1210 g/mol. The van der Waals surface area contributed by atoms with Crippen LogP contribution in [-0.4, -0.2) is 13.4 Å². The van der Waals surface area contributed by atoms with Crippen LogP contribution in [0.2, 0.25) is 0 Å². The Morgan fingerprint density at radius 1 is 0.156 bits per heavy atom. The molecule has 6 heteroatoms. The molecule has 0 spiro atoms. The molecule has 0 bridgehead atoms. The number of hydrogen-bond acceptors (Lipinski definition) is 4. The molecule has 4 aliphatic heterocycles. The van der Waals surface area contributed by atoms with Gasteiger partial charge in [0.1, 0.15) is 0 Å². The molecule has 0 aliphatic carbocycles. The van der Waals surface area contributed by atoms with Crippen molar-refractivity contribution in [2.45, 2.75) is 0 Å². The van der Waals surface area contributed by atoms with Crippen molar-refractivity contribution in [1.82, 2.24) is 0 Å². The van der Waals surface area contributed by atoms with E-state index in [-0.39, 0.29) is 13.4 Å². The largest absolute Gasteiger partial charge is 0.311 e. The summed E-state index contributed by atoms with van der Waals surface area (Å²) in [6, 6.07) is 128. The van der Waals surface area contributed by atoms with E-state index in [1.54, 1.807) is 0 Å². The quantitative estimate of drug-likeness (QED) is 0.121. The minimum atomic E-state index is -0.176. The number of rotatable bonds is 6. The van der Waals surface area contributed by atoms with E-state index in [1.165, 1.54) is 131 Å². The molecule has 96 heavy (non-hydrogen) atoms. The second-order valence-corrected chi connectivity index (χ2v) is 26.2. The van der Waals surface area contributed by atoms with Gasteiger partial charge in [0.05, 0.1) is 0 Å². The van der Waals surface area contributed by atoms with E-state index in [0.29, 0.717) is 0 Å². The molecule has 0 fully saturated rings. The van der Waals surface area contributed by atoms with E-state index in [1.807, 2.05) is 0 Å². The molecule has 0 aromatic heterocycles. The molecule has 17 aromatic carbocycles. The van der Waals surface area contributed by atoms with Crippen molar-refractivity contribution in [3.8, 4) is 22.3 Å². The SMILES string of the molecule is c1ccc(-c2cc3c4c(c2)N(c2ccccc2)c2cc5c(cc2B4c2ccccc2N3c2ccccc2)B2c3ccccc3N(c3ccc4c6ccccc6c6ccccc6c4c3)c3cc(-c4ccccc4)cc(c32)N5c2ccc3c4ccccc4c4ccccc4c3c2)cc1. The van der Waals surface area contributed by atoms with Crippen LogP contribution in [0.25, 0.3) is 86.9 Å². The first-order valence-electron chi connectivity index (χ1n) is 33.5. The zero-order valence-corrected chi connectivity index (χ0v) is 52.3. The van der Waals surface area contributed by atoms with Crippen LogP contribution in [0.3, 0.4) is 0 Å². The zero-order chi connectivity index (χ0) is 62.7. The maximum atomic E-state index is 2.66. The van der Waals surface area contributed by atoms with Crippen molar-refractivity contribution in [1.29, 1.82) is 0 Å². The van der Waals surface area contributed by atoms with Crippen molar-refractivity contribution in [2.24, 2.45) is 0 Å². The van der Waals surface area contributed by atoms with E-state index in [9.17, 15) is 0 Å². The smallest absolute Gasteiger partial charge is 0.252 e. The van der Waals surface area contributed by atoms with Gasteiger partial charge in [0.25, 0.3) is 13.4 Å². The minimum Gasteiger partial charge on any atom is -0.311 e. The van der Waals surface area contributed by atoms with Crippen LogP contribution >= 0.6 is 0 Å². The lowest BCUT2D eigenvalue weighted by Gasteiger charge is -2.47. The van der Waals surface area contributed by atoms with Gasteiger partial charge in [-0.1, -0.05) is 249 Å². The fourth-order valence-electron chi connectivity index (χ4n) is 17.3. The zero-order valence-electron chi connectivity index (χ0n) is 52.3. The summed E-state index contributed by atoms with van der Waals surface area (Å²) in [5, 5.41) is 15.0.